The van der Waals surface area contributed by atoms with Gasteiger partial charge in [-0.05, 0) is 61.4 Å². The fraction of sp³-hybridized carbons (Fsp3) is 0.200. The number of aromatic nitrogens is 2. The molecular weight excluding hydrogens is 333 g/mol. The summed E-state index contributed by atoms with van der Waals surface area (Å²) < 4.78 is 19.9. The van der Waals surface area contributed by atoms with Crippen molar-refractivity contribution in [1.29, 1.82) is 0 Å². The van der Waals surface area contributed by atoms with E-state index in [1.165, 1.54) is 12.1 Å². The van der Waals surface area contributed by atoms with Crippen LogP contribution in [0.4, 0.5) is 4.39 Å². The second-order valence-corrected chi connectivity index (χ2v) is 5.92. The largest absolute Gasteiger partial charge is 0.497 e. The summed E-state index contributed by atoms with van der Waals surface area (Å²) in [6.07, 6.45) is 0.695. The van der Waals surface area contributed by atoms with Crippen LogP contribution in [-0.4, -0.2) is 29.3 Å². The number of carbonyl (C=O) groups excluding carboxylic acids is 1. The molecular formula is C20H20FN3O2. The smallest absolute Gasteiger partial charge is 0.271 e. The predicted octanol–water partition coefficient (Wildman–Crippen LogP) is 3.30. The van der Waals surface area contributed by atoms with Gasteiger partial charge in [0.05, 0.1) is 12.8 Å². The Morgan fingerprint density at radius 2 is 1.96 bits per heavy atom. The van der Waals surface area contributed by atoms with Crippen LogP contribution in [0.5, 0.6) is 5.75 Å². The molecule has 0 bridgehead atoms. The molecule has 0 spiro atoms. The number of amides is 1. The molecule has 0 aliphatic rings. The van der Waals surface area contributed by atoms with Gasteiger partial charge < -0.3 is 10.1 Å². The molecule has 0 saturated heterocycles. The lowest BCUT2D eigenvalue weighted by molar-refractivity contribution is 0.0948. The first kappa shape index (κ1) is 17.7. The summed E-state index contributed by atoms with van der Waals surface area (Å²) >= 11 is 0. The van der Waals surface area contributed by atoms with Gasteiger partial charge in [0.25, 0.3) is 5.91 Å². The van der Waals surface area contributed by atoms with E-state index in [0.29, 0.717) is 24.3 Å². The van der Waals surface area contributed by atoms with Gasteiger partial charge in [-0.2, -0.15) is 5.10 Å². The maximum atomic E-state index is 13.1. The van der Waals surface area contributed by atoms with Crippen molar-refractivity contribution in [3.05, 3.63) is 77.4 Å². The summed E-state index contributed by atoms with van der Waals surface area (Å²) in [6, 6.07) is 15.4. The van der Waals surface area contributed by atoms with E-state index in [9.17, 15) is 9.18 Å². The lowest BCUT2D eigenvalue weighted by atomic mass is 10.1. The number of halogens is 1. The third kappa shape index (κ3) is 4.08. The summed E-state index contributed by atoms with van der Waals surface area (Å²) in [5.41, 5.74) is 2.92. The van der Waals surface area contributed by atoms with Crippen molar-refractivity contribution in [1.82, 2.24) is 15.1 Å². The van der Waals surface area contributed by atoms with Crippen LogP contribution in [0.25, 0.3) is 5.69 Å². The first-order chi connectivity index (χ1) is 12.6. The van der Waals surface area contributed by atoms with Crippen LogP contribution in [0.3, 0.4) is 0 Å². The summed E-state index contributed by atoms with van der Waals surface area (Å²) in [5.74, 6) is 0.244. The number of carbonyl (C=O) groups is 1. The quantitative estimate of drug-likeness (QED) is 0.740. The Labute approximate surface area is 151 Å². The van der Waals surface area contributed by atoms with Gasteiger partial charge in [0.1, 0.15) is 11.6 Å². The van der Waals surface area contributed by atoms with Crippen LogP contribution in [0, 0.1) is 12.7 Å². The van der Waals surface area contributed by atoms with Crippen LogP contribution in [-0.2, 0) is 6.42 Å². The molecule has 1 N–H and O–H groups in total. The van der Waals surface area contributed by atoms with Crippen molar-refractivity contribution in [3.63, 3.8) is 0 Å². The molecule has 134 valence electrons. The van der Waals surface area contributed by atoms with Gasteiger partial charge in [-0.25, -0.2) is 9.07 Å². The monoisotopic (exact) mass is 353 g/mol. The number of methoxy groups -OCH3 is 1. The Kier molecular flexibility index (Phi) is 5.31. The van der Waals surface area contributed by atoms with Crippen LogP contribution < -0.4 is 10.1 Å². The number of ether oxygens (including phenoxy) is 1. The summed E-state index contributed by atoms with van der Waals surface area (Å²) in [7, 11) is 1.63. The van der Waals surface area contributed by atoms with Crippen molar-refractivity contribution < 1.29 is 13.9 Å². The number of nitrogens with zero attached hydrogens (tertiary/aromatic N) is 2. The van der Waals surface area contributed by atoms with E-state index >= 15 is 0 Å². The highest BCUT2D eigenvalue weighted by atomic mass is 19.1. The molecule has 0 aliphatic carbocycles. The zero-order chi connectivity index (χ0) is 18.5. The average Bonchev–Trinajstić information content (AvgIpc) is 3.04. The van der Waals surface area contributed by atoms with Gasteiger partial charge in [0.2, 0.25) is 0 Å². The summed E-state index contributed by atoms with van der Waals surface area (Å²) in [6.45, 7) is 2.35. The molecule has 3 rings (SSSR count). The van der Waals surface area contributed by atoms with Crippen LogP contribution in [0.15, 0.2) is 54.6 Å². The SMILES string of the molecule is COc1cccc(CCNC(=O)c2cc(C)n(-c3ccc(F)cc3)n2)c1. The highest BCUT2D eigenvalue weighted by Gasteiger charge is 2.13. The highest BCUT2D eigenvalue weighted by molar-refractivity contribution is 5.92. The number of hydrogen-bond acceptors (Lipinski definition) is 3. The molecule has 6 heteroatoms. The topological polar surface area (TPSA) is 56.1 Å². The minimum absolute atomic E-state index is 0.239. The van der Waals surface area contributed by atoms with Crippen LogP contribution in [0.1, 0.15) is 21.7 Å². The lowest BCUT2D eigenvalue weighted by Crippen LogP contribution is -2.26. The van der Waals surface area contributed by atoms with Gasteiger partial charge in [-0.15, -0.1) is 0 Å². The van der Waals surface area contributed by atoms with E-state index in [-0.39, 0.29) is 11.7 Å². The van der Waals surface area contributed by atoms with E-state index in [1.807, 2.05) is 31.2 Å². The van der Waals surface area contributed by atoms with Gasteiger partial charge in [-0.3, -0.25) is 4.79 Å². The van der Waals surface area contributed by atoms with E-state index in [2.05, 4.69) is 10.4 Å². The Bertz CT molecular complexity index is 904. The van der Waals surface area contributed by atoms with Crippen molar-refractivity contribution in [2.24, 2.45) is 0 Å². The molecule has 0 atom stereocenters. The number of aryl methyl sites for hydroxylation is 1. The first-order valence-corrected chi connectivity index (χ1v) is 8.30. The van der Waals surface area contributed by atoms with Crippen molar-refractivity contribution >= 4 is 5.91 Å². The molecule has 0 aliphatic heterocycles. The van der Waals surface area contributed by atoms with Crippen molar-refractivity contribution in [3.8, 4) is 11.4 Å². The first-order valence-electron chi connectivity index (χ1n) is 8.30. The van der Waals surface area contributed by atoms with E-state index in [0.717, 1.165) is 17.0 Å². The second kappa shape index (κ2) is 7.82. The maximum absolute atomic E-state index is 13.1. The molecule has 0 radical (unpaired) electrons. The standard InChI is InChI=1S/C20H20FN3O2/c1-14-12-19(23-24(14)17-8-6-16(21)7-9-17)20(25)22-11-10-15-4-3-5-18(13-15)26-2/h3-9,12-13H,10-11H2,1-2H3,(H,22,25). The molecule has 1 amide bonds. The second-order valence-electron chi connectivity index (χ2n) is 5.92. The minimum atomic E-state index is -0.311. The fourth-order valence-electron chi connectivity index (χ4n) is 2.67. The van der Waals surface area contributed by atoms with E-state index in [1.54, 1.807) is 30.0 Å². The molecule has 3 aromatic rings. The molecule has 0 unspecified atom stereocenters. The Morgan fingerprint density at radius 3 is 2.69 bits per heavy atom. The number of benzene rings is 2. The number of rotatable bonds is 6. The molecule has 1 heterocycles. The van der Waals surface area contributed by atoms with Gasteiger partial charge in [-0.1, -0.05) is 12.1 Å². The third-order valence-electron chi connectivity index (χ3n) is 4.02. The van der Waals surface area contributed by atoms with Crippen LogP contribution >= 0.6 is 0 Å². The highest BCUT2D eigenvalue weighted by Crippen LogP contribution is 2.14. The minimum Gasteiger partial charge on any atom is -0.497 e. The Morgan fingerprint density at radius 1 is 1.19 bits per heavy atom. The van der Waals surface area contributed by atoms with Gasteiger partial charge in [0.15, 0.2) is 5.69 Å². The van der Waals surface area contributed by atoms with E-state index in [4.69, 9.17) is 4.74 Å². The molecule has 0 saturated carbocycles. The fourth-order valence-corrected chi connectivity index (χ4v) is 2.67. The molecule has 1 aromatic heterocycles. The molecule has 2 aromatic carbocycles. The Hall–Kier alpha value is -3.15. The van der Waals surface area contributed by atoms with Crippen molar-refractivity contribution in [2.45, 2.75) is 13.3 Å². The lowest BCUT2D eigenvalue weighted by Gasteiger charge is -2.06. The maximum Gasteiger partial charge on any atom is 0.271 e. The summed E-state index contributed by atoms with van der Waals surface area (Å²) in [4.78, 5) is 12.3. The normalized spacial score (nSPS) is 10.6. The molecule has 26 heavy (non-hydrogen) atoms. The van der Waals surface area contributed by atoms with Gasteiger partial charge >= 0.3 is 0 Å². The zero-order valence-corrected chi connectivity index (χ0v) is 14.7. The summed E-state index contributed by atoms with van der Waals surface area (Å²) in [5, 5.41) is 7.20. The zero-order valence-electron chi connectivity index (χ0n) is 14.7. The predicted molar refractivity (Wildman–Crippen MR) is 97.3 cm³/mol. The van der Waals surface area contributed by atoms with E-state index < -0.39 is 0 Å². The number of hydrogen-bond donors (Lipinski definition) is 1. The van der Waals surface area contributed by atoms with Gasteiger partial charge in [0, 0.05) is 12.2 Å². The van der Waals surface area contributed by atoms with Crippen molar-refractivity contribution in [2.75, 3.05) is 13.7 Å². The molecule has 0 fully saturated rings. The Balaban J connectivity index is 1.63. The molecule has 5 nitrogen and oxygen atoms in total. The van der Waals surface area contributed by atoms with Crippen LogP contribution in [0.2, 0.25) is 0 Å². The third-order valence-corrected chi connectivity index (χ3v) is 4.02. The number of nitrogens with one attached hydrogen (secondary N) is 1. The average molecular weight is 353 g/mol.